The normalized spacial score (nSPS) is 16.8. The van der Waals surface area contributed by atoms with Crippen molar-refractivity contribution < 1.29 is 4.79 Å². The maximum absolute atomic E-state index is 10.1. The number of hydrogen-bond acceptors (Lipinski definition) is 3. The number of carbonyl (C=O) groups excluding carboxylic acids is 1. The number of aliphatic imine (C=N–C) groups is 1. The van der Waals surface area contributed by atoms with E-state index in [2.05, 4.69) is 9.89 Å². The van der Waals surface area contributed by atoms with E-state index < -0.39 is 0 Å². The van der Waals surface area contributed by atoms with Gasteiger partial charge in [0.05, 0.1) is 5.69 Å². The molecule has 16 heavy (non-hydrogen) atoms. The predicted molar refractivity (Wildman–Crippen MR) is 63.4 cm³/mol. The van der Waals surface area contributed by atoms with Gasteiger partial charge in [0.25, 0.3) is 0 Å². The minimum atomic E-state index is 0.678. The van der Waals surface area contributed by atoms with Crippen LogP contribution in [0.3, 0.4) is 0 Å². The van der Waals surface area contributed by atoms with Crippen molar-refractivity contribution in [2.75, 3.05) is 13.1 Å². The van der Waals surface area contributed by atoms with E-state index in [1.54, 1.807) is 6.08 Å². The van der Waals surface area contributed by atoms with E-state index in [1.165, 1.54) is 37.9 Å². The van der Waals surface area contributed by atoms with Crippen LogP contribution in [0.15, 0.2) is 29.3 Å². The molecule has 1 heterocycles. The standard InChI is InChI=1S/C13H16N2O/c16-11-14-13-6-4-12(5-7-13)10-15-8-2-1-3-9-15/h4-7H,1-3,8-10H2. The molecular weight excluding hydrogens is 200 g/mol. The predicted octanol–water partition coefficient (Wildman–Crippen LogP) is 2.64. The molecule has 1 aliphatic rings. The fourth-order valence-corrected chi connectivity index (χ4v) is 2.10. The van der Waals surface area contributed by atoms with E-state index in [9.17, 15) is 4.79 Å². The maximum atomic E-state index is 10.1. The Morgan fingerprint density at radius 1 is 1.12 bits per heavy atom. The Hall–Kier alpha value is -1.44. The van der Waals surface area contributed by atoms with Crippen molar-refractivity contribution >= 4 is 11.8 Å². The van der Waals surface area contributed by atoms with Gasteiger partial charge in [-0.25, -0.2) is 4.79 Å². The van der Waals surface area contributed by atoms with Gasteiger partial charge in [-0.2, -0.15) is 4.99 Å². The van der Waals surface area contributed by atoms with Crippen molar-refractivity contribution in [1.82, 2.24) is 4.90 Å². The summed E-state index contributed by atoms with van der Waals surface area (Å²) in [6.45, 7) is 3.41. The number of isocyanates is 1. The van der Waals surface area contributed by atoms with Crippen molar-refractivity contribution in [1.29, 1.82) is 0 Å². The van der Waals surface area contributed by atoms with Crippen LogP contribution in [0.2, 0.25) is 0 Å². The van der Waals surface area contributed by atoms with Gasteiger partial charge in [-0.15, -0.1) is 0 Å². The average Bonchev–Trinajstić information content (AvgIpc) is 2.33. The first kappa shape index (κ1) is 11.1. The Kier molecular flexibility index (Phi) is 3.86. The molecule has 0 unspecified atom stereocenters. The van der Waals surface area contributed by atoms with Crippen LogP contribution in [0.1, 0.15) is 24.8 Å². The van der Waals surface area contributed by atoms with E-state index in [1.807, 2.05) is 24.3 Å². The largest absolute Gasteiger partial charge is 0.299 e. The second-order valence-corrected chi connectivity index (χ2v) is 4.21. The number of likely N-dealkylation sites (tertiary alicyclic amines) is 1. The second kappa shape index (κ2) is 5.59. The number of piperidine rings is 1. The summed E-state index contributed by atoms with van der Waals surface area (Å²) in [5.41, 5.74) is 1.96. The second-order valence-electron chi connectivity index (χ2n) is 4.21. The fraction of sp³-hybridized carbons (Fsp3) is 0.462. The van der Waals surface area contributed by atoms with Gasteiger partial charge in [0.1, 0.15) is 0 Å². The summed E-state index contributed by atoms with van der Waals surface area (Å²) in [6, 6.07) is 7.80. The molecule has 0 aromatic heterocycles. The molecule has 2 rings (SSSR count). The summed E-state index contributed by atoms with van der Waals surface area (Å²) < 4.78 is 0. The Labute approximate surface area is 95.8 Å². The molecule has 1 fully saturated rings. The Bertz CT molecular complexity index is 373. The number of benzene rings is 1. The molecule has 0 N–H and O–H groups in total. The topological polar surface area (TPSA) is 32.7 Å². The average molecular weight is 216 g/mol. The molecule has 0 bridgehead atoms. The van der Waals surface area contributed by atoms with Crippen LogP contribution in [0.5, 0.6) is 0 Å². The summed E-state index contributed by atoms with van der Waals surface area (Å²) in [6.07, 6.45) is 5.54. The van der Waals surface area contributed by atoms with Crippen LogP contribution < -0.4 is 0 Å². The third-order valence-electron chi connectivity index (χ3n) is 2.97. The Morgan fingerprint density at radius 2 is 1.81 bits per heavy atom. The van der Waals surface area contributed by atoms with Crippen molar-refractivity contribution in [3.8, 4) is 0 Å². The van der Waals surface area contributed by atoms with Crippen LogP contribution in [-0.2, 0) is 11.3 Å². The molecule has 0 aliphatic carbocycles. The molecule has 1 aromatic carbocycles. The Balaban J connectivity index is 1.96. The monoisotopic (exact) mass is 216 g/mol. The number of nitrogens with zero attached hydrogens (tertiary/aromatic N) is 2. The van der Waals surface area contributed by atoms with Crippen LogP contribution in [0.4, 0.5) is 5.69 Å². The zero-order valence-corrected chi connectivity index (χ0v) is 9.35. The third-order valence-corrected chi connectivity index (χ3v) is 2.97. The summed E-state index contributed by atoms with van der Waals surface area (Å²) in [5.74, 6) is 0. The van der Waals surface area contributed by atoms with Gasteiger partial charge < -0.3 is 0 Å². The molecule has 1 aliphatic heterocycles. The fourth-order valence-electron chi connectivity index (χ4n) is 2.10. The molecule has 0 radical (unpaired) electrons. The first-order valence-corrected chi connectivity index (χ1v) is 5.77. The summed E-state index contributed by atoms with van der Waals surface area (Å²) >= 11 is 0. The van der Waals surface area contributed by atoms with Crippen LogP contribution >= 0.6 is 0 Å². The molecule has 84 valence electrons. The highest BCUT2D eigenvalue weighted by atomic mass is 16.1. The van der Waals surface area contributed by atoms with E-state index >= 15 is 0 Å². The third kappa shape index (κ3) is 3.02. The minimum absolute atomic E-state index is 0.678. The van der Waals surface area contributed by atoms with E-state index in [-0.39, 0.29) is 0 Å². The minimum Gasteiger partial charge on any atom is -0.299 e. The number of hydrogen-bond donors (Lipinski definition) is 0. The van der Waals surface area contributed by atoms with Gasteiger partial charge >= 0.3 is 0 Å². The highest BCUT2D eigenvalue weighted by molar-refractivity contribution is 5.49. The maximum Gasteiger partial charge on any atom is 0.240 e. The van der Waals surface area contributed by atoms with Gasteiger partial charge in [-0.1, -0.05) is 18.6 Å². The summed E-state index contributed by atoms with van der Waals surface area (Å²) in [7, 11) is 0. The highest BCUT2D eigenvalue weighted by Gasteiger charge is 2.09. The molecule has 0 spiro atoms. The zero-order chi connectivity index (χ0) is 11.2. The first-order valence-electron chi connectivity index (χ1n) is 5.77. The molecule has 1 aromatic rings. The summed E-state index contributed by atoms with van der Waals surface area (Å²) in [4.78, 5) is 16.1. The van der Waals surface area contributed by atoms with Crippen LogP contribution in [-0.4, -0.2) is 24.1 Å². The molecular formula is C13H16N2O. The zero-order valence-electron chi connectivity index (χ0n) is 9.35. The lowest BCUT2D eigenvalue weighted by Crippen LogP contribution is -2.28. The van der Waals surface area contributed by atoms with Crippen LogP contribution in [0.25, 0.3) is 0 Å². The smallest absolute Gasteiger partial charge is 0.240 e. The molecule has 3 nitrogen and oxygen atoms in total. The molecule has 0 amide bonds. The quantitative estimate of drug-likeness (QED) is 0.574. The van der Waals surface area contributed by atoms with Gasteiger partial charge in [0.2, 0.25) is 6.08 Å². The molecule has 3 heteroatoms. The van der Waals surface area contributed by atoms with Gasteiger partial charge in [-0.3, -0.25) is 4.90 Å². The van der Waals surface area contributed by atoms with Crippen molar-refractivity contribution in [3.05, 3.63) is 29.8 Å². The van der Waals surface area contributed by atoms with Crippen molar-refractivity contribution in [2.24, 2.45) is 4.99 Å². The Morgan fingerprint density at radius 3 is 2.44 bits per heavy atom. The SMILES string of the molecule is O=C=Nc1ccc(CN2CCCCC2)cc1. The lowest BCUT2D eigenvalue weighted by molar-refractivity contribution is 0.221. The number of rotatable bonds is 3. The van der Waals surface area contributed by atoms with Gasteiger partial charge in [0.15, 0.2) is 0 Å². The lowest BCUT2D eigenvalue weighted by atomic mass is 10.1. The van der Waals surface area contributed by atoms with Crippen molar-refractivity contribution in [3.63, 3.8) is 0 Å². The van der Waals surface area contributed by atoms with E-state index in [0.717, 1.165) is 6.54 Å². The molecule has 0 saturated carbocycles. The highest BCUT2D eigenvalue weighted by Crippen LogP contribution is 2.16. The molecule has 1 saturated heterocycles. The van der Waals surface area contributed by atoms with Gasteiger partial charge in [0, 0.05) is 6.54 Å². The van der Waals surface area contributed by atoms with Crippen molar-refractivity contribution in [2.45, 2.75) is 25.8 Å². The lowest BCUT2D eigenvalue weighted by Gasteiger charge is -2.26. The summed E-state index contributed by atoms with van der Waals surface area (Å²) in [5, 5.41) is 0. The molecule has 0 atom stereocenters. The first-order chi connectivity index (χ1) is 7.88. The van der Waals surface area contributed by atoms with Gasteiger partial charge in [-0.05, 0) is 43.6 Å². The van der Waals surface area contributed by atoms with Crippen LogP contribution in [0, 0.1) is 0 Å². The van der Waals surface area contributed by atoms with E-state index in [0.29, 0.717) is 5.69 Å². The van der Waals surface area contributed by atoms with E-state index in [4.69, 9.17) is 0 Å².